The summed E-state index contributed by atoms with van der Waals surface area (Å²) in [7, 11) is 0. The second kappa shape index (κ2) is 59.8. The molecule has 0 amide bonds. The van der Waals surface area contributed by atoms with Crippen molar-refractivity contribution in [1.82, 2.24) is 0 Å². The van der Waals surface area contributed by atoms with Crippen LogP contribution in [0, 0.1) is 0 Å². The van der Waals surface area contributed by atoms with Gasteiger partial charge in [-0.15, -0.1) is 0 Å². The monoisotopic (exact) mass is 877 g/mol. The van der Waals surface area contributed by atoms with Crippen molar-refractivity contribution in [1.29, 1.82) is 0 Å². The van der Waals surface area contributed by atoms with E-state index in [0.717, 1.165) is 26.1 Å². The summed E-state index contributed by atoms with van der Waals surface area (Å²) in [5, 5.41) is 17.7. The number of unbranched alkanes of at least 4 members (excludes halogenated alkanes) is 38. The van der Waals surface area contributed by atoms with E-state index in [4.69, 9.17) is 19.7 Å². The van der Waals surface area contributed by atoms with Crippen LogP contribution in [0.25, 0.3) is 0 Å². The molecule has 5 heteroatoms. The number of hydrogen-bond acceptors (Lipinski definition) is 5. The molecule has 0 saturated heterocycles. The lowest BCUT2D eigenvalue weighted by Crippen LogP contribution is -2.21. The van der Waals surface area contributed by atoms with Gasteiger partial charge in [0.2, 0.25) is 0 Å². The molecule has 0 rings (SSSR count). The van der Waals surface area contributed by atoms with Gasteiger partial charge in [-0.1, -0.05) is 251 Å². The van der Waals surface area contributed by atoms with Gasteiger partial charge in [0, 0.05) is 19.6 Å². The van der Waals surface area contributed by atoms with Crippen LogP contribution in [0.3, 0.4) is 0 Å². The fourth-order valence-corrected chi connectivity index (χ4v) is 7.96. The van der Waals surface area contributed by atoms with Crippen molar-refractivity contribution in [2.75, 3.05) is 26.4 Å². The first kappa shape index (κ1) is 62.9. The number of esters is 1. The third kappa shape index (κ3) is 60.9. The molecule has 0 radical (unpaired) electrons. The molecule has 370 valence electrons. The van der Waals surface area contributed by atoms with Crippen LogP contribution in [0.4, 0.5) is 0 Å². The number of carbonyl (C=O) groups is 1. The summed E-state index contributed by atoms with van der Waals surface area (Å²) in [4.78, 5) is 11.4. The van der Waals surface area contributed by atoms with E-state index in [9.17, 15) is 4.79 Å². The first-order valence-electron chi connectivity index (χ1n) is 27.9. The lowest BCUT2D eigenvalue weighted by molar-refractivity contribution is -0.147. The fraction of sp³-hybridized carbons (Fsp3) is 0.912. The molecule has 0 aromatic heterocycles. The summed E-state index contributed by atoms with van der Waals surface area (Å²) in [5.41, 5.74) is 0. The van der Waals surface area contributed by atoms with E-state index >= 15 is 0 Å². The predicted molar refractivity (Wildman–Crippen MR) is 273 cm³/mol. The topological polar surface area (TPSA) is 76.0 Å². The smallest absolute Gasteiger partial charge is 0.305 e. The summed E-state index contributed by atoms with van der Waals surface area (Å²) < 4.78 is 10.7. The minimum Gasteiger partial charge on any atom is -0.463 e. The van der Waals surface area contributed by atoms with E-state index in [0.29, 0.717) is 6.42 Å². The van der Waals surface area contributed by atoms with E-state index in [-0.39, 0.29) is 19.2 Å². The lowest BCUT2D eigenvalue weighted by atomic mass is 10.0. The minimum atomic E-state index is -0.954. The maximum Gasteiger partial charge on any atom is 0.305 e. The van der Waals surface area contributed by atoms with Crippen LogP contribution >= 0.6 is 0 Å². The Labute approximate surface area is 389 Å². The Morgan fingerprint density at radius 1 is 0.387 bits per heavy atom. The molecule has 0 spiro atoms. The van der Waals surface area contributed by atoms with E-state index < -0.39 is 6.10 Å². The summed E-state index contributed by atoms with van der Waals surface area (Å²) in [5.74, 6) is -0.276. The van der Waals surface area contributed by atoms with Crippen molar-refractivity contribution < 1.29 is 24.5 Å². The number of aliphatic hydroxyl groups is 2. The lowest BCUT2D eigenvalue weighted by Gasteiger charge is -2.08. The largest absolute Gasteiger partial charge is 0.463 e. The average molecular weight is 878 g/mol. The molecular weight excluding hydrogens is 765 g/mol. The van der Waals surface area contributed by atoms with Gasteiger partial charge in [0.1, 0.15) is 12.7 Å². The second-order valence-electron chi connectivity index (χ2n) is 18.7. The van der Waals surface area contributed by atoms with E-state index in [2.05, 4.69) is 45.1 Å². The Hall–Kier alpha value is -1.17. The fourth-order valence-electron chi connectivity index (χ4n) is 7.96. The molecule has 0 bridgehead atoms. The predicted octanol–water partition coefficient (Wildman–Crippen LogP) is 18.2. The van der Waals surface area contributed by atoms with Gasteiger partial charge in [0.25, 0.3) is 0 Å². The Balaban J connectivity index is 0. The van der Waals surface area contributed by atoms with Crippen LogP contribution in [-0.4, -0.2) is 48.7 Å². The van der Waals surface area contributed by atoms with Gasteiger partial charge in [0.05, 0.1) is 6.61 Å². The number of carbonyl (C=O) groups excluding carboxylic acids is 1. The number of allylic oxidation sites excluding steroid dienone is 4. The normalized spacial score (nSPS) is 12.1. The van der Waals surface area contributed by atoms with Crippen LogP contribution < -0.4 is 0 Å². The molecule has 0 aromatic carbocycles. The van der Waals surface area contributed by atoms with Crippen molar-refractivity contribution >= 4 is 5.97 Å². The first-order valence-corrected chi connectivity index (χ1v) is 27.9. The van der Waals surface area contributed by atoms with Crippen molar-refractivity contribution in [3.8, 4) is 0 Å². The highest BCUT2D eigenvalue weighted by Gasteiger charge is 2.07. The van der Waals surface area contributed by atoms with E-state index in [1.807, 2.05) is 0 Å². The van der Waals surface area contributed by atoms with E-state index in [1.165, 1.54) is 263 Å². The zero-order valence-electron chi connectivity index (χ0n) is 42.4. The number of hydrogen-bond donors (Lipinski definition) is 2. The third-order valence-electron chi connectivity index (χ3n) is 12.2. The summed E-state index contributed by atoms with van der Waals surface area (Å²) >= 11 is 0. The quantitative estimate of drug-likeness (QED) is 0.0362. The molecule has 0 aromatic rings. The van der Waals surface area contributed by atoms with Crippen LogP contribution in [0.1, 0.15) is 303 Å². The Morgan fingerprint density at radius 3 is 0.935 bits per heavy atom. The summed E-state index contributed by atoms with van der Waals surface area (Å²) in [6, 6.07) is 0. The van der Waals surface area contributed by atoms with Gasteiger partial charge in [-0.25, -0.2) is 0 Å². The summed E-state index contributed by atoms with van der Waals surface area (Å²) in [6.45, 7) is 8.33. The van der Waals surface area contributed by atoms with Gasteiger partial charge in [-0.2, -0.15) is 0 Å². The van der Waals surface area contributed by atoms with Gasteiger partial charge in [-0.05, 0) is 70.6 Å². The van der Waals surface area contributed by atoms with Gasteiger partial charge >= 0.3 is 5.97 Å². The van der Waals surface area contributed by atoms with Crippen molar-refractivity contribution in [3.05, 3.63) is 24.3 Å². The highest BCUT2D eigenvalue weighted by Crippen LogP contribution is 2.15. The van der Waals surface area contributed by atoms with Gasteiger partial charge in [-0.3, -0.25) is 4.79 Å². The molecule has 1 atom stereocenters. The maximum atomic E-state index is 11.4. The molecule has 62 heavy (non-hydrogen) atoms. The zero-order valence-corrected chi connectivity index (χ0v) is 42.4. The standard InChI is InChI=1S/C36H70O.C21H42O4/c1-3-5-7-9-11-13-15-17-19-21-23-25-27-29-31-33-35-37-36-34-32-30-28-26-24-22-20-18-16-14-12-10-8-6-4-2;1-2-3-4-5-6-7-8-9-10-11-12-13-14-15-16-17-21(24)25-19-20(23)18-22/h17-20H,3-16,21-36H2,1-2H3;20,22-23H,2-19H2,1H3/b19-17-,20-18-;. The number of rotatable bonds is 51. The molecule has 5 nitrogen and oxygen atoms in total. The molecule has 0 saturated carbocycles. The molecule has 2 N–H and O–H groups in total. The van der Waals surface area contributed by atoms with Crippen LogP contribution in [0.15, 0.2) is 24.3 Å². The Kier molecular flexibility index (Phi) is 60.7. The third-order valence-corrected chi connectivity index (χ3v) is 12.2. The Morgan fingerprint density at radius 2 is 0.645 bits per heavy atom. The van der Waals surface area contributed by atoms with Crippen LogP contribution in [-0.2, 0) is 14.3 Å². The SMILES string of the molecule is CCCCCCCC/C=C\CCCCCCCCOCCCCCCCC/C=C\CCCCCCCC.CCCCCCCCCCCCCCCCCC(=O)OCC(O)CO. The number of aliphatic hydroxyl groups excluding tert-OH is 2. The second-order valence-corrected chi connectivity index (χ2v) is 18.7. The van der Waals surface area contributed by atoms with Crippen molar-refractivity contribution in [2.24, 2.45) is 0 Å². The number of ether oxygens (including phenoxy) is 2. The molecule has 0 aliphatic carbocycles. The van der Waals surface area contributed by atoms with Gasteiger partial charge < -0.3 is 19.7 Å². The molecule has 1 unspecified atom stereocenters. The Bertz CT molecular complexity index is 816. The van der Waals surface area contributed by atoms with Crippen molar-refractivity contribution in [2.45, 2.75) is 309 Å². The highest BCUT2D eigenvalue weighted by atomic mass is 16.5. The van der Waals surface area contributed by atoms with Gasteiger partial charge in [0.15, 0.2) is 0 Å². The van der Waals surface area contributed by atoms with E-state index in [1.54, 1.807) is 0 Å². The van der Waals surface area contributed by atoms with Crippen molar-refractivity contribution in [3.63, 3.8) is 0 Å². The zero-order chi connectivity index (χ0) is 45.3. The van der Waals surface area contributed by atoms with Crippen LogP contribution in [0.5, 0.6) is 0 Å². The first-order chi connectivity index (χ1) is 30.6. The molecule has 0 aliphatic heterocycles. The highest BCUT2D eigenvalue weighted by molar-refractivity contribution is 5.69. The maximum absolute atomic E-state index is 11.4. The summed E-state index contributed by atoms with van der Waals surface area (Å²) in [6.07, 6.45) is 67.1. The average Bonchev–Trinajstić information content (AvgIpc) is 3.28. The van der Waals surface area contributed by atoms with Crippen LogP contribution in [0.2, 0.25) is 0 Å². The molecule has 0 fully saturated rings. The molecule has 0 aliphatic rings. The minimum absolute atomic E-state index is 0.103. The molecular formula is C57H112O5. The molecule has 0 heterocycles.